The minimum atomic E-state index is -0.318. The van der Waals surface area contributed by atoms with E-state index in [9.17, 15) is 4.79 Å². The second-order valence-electron chi connectivity index (χ2n) is 2.74. The van der Waals surface area contributed by atoms with Crippen LogP contribution in [0.5, 0.6) is 0 Å². The van der Waals surface area contributed by atoms with E-state index in [4.69, 9.17) is 11.6 Å². The Balaban J connectivity index is 2.67. The van der Waals surface area contributed by atoms with Gasteiger partial charge in [-0.15, -0.1) is 0 Å². The van der Waals surface area contributed by atoms with E-state index in [-0.39, 0.29) is 5.97 Å². The molecule has 1 aliphatic carbocycles. The molecule has 0 aromatic rings. The first-order valence-corrected chi connectivity index (χ1v) is 3.99. The lowest BCUT2D eigenvalue weighted by atomic mass is 10.2. The number of rotatable bonds is 2. The largest absolute Gasteiger partial charge is 0.466 e. The van der Waals surface area contributed by atoms with Crippen LogP contribution in [0.15, 0.2) is 10.6 Å². The summed E-state index contributed by atoms with van der Waals surface area (Å²) in [5.74, 6) is 0.109. The average molecular weight is 175 g/mol. The third kappa shape index (κ3) is 1.96. The zero-order valence-electron chi connectivity index (χ0n) is 6.69. The van der Waals surface area contributed by atoms with Crippen LogP contribution >= 0.6 is 11.6 Å². The molecule has 0 atom stereocenters. The summed E-state index contributed by atoms with van der Waals surface area (Å²) in [6.07, 6.45) is 2.21. The number of carbonyl (C=O) groups excluding carboxylic acids is 1. The van der Waals surface area contributed by atoms with Crippen molar-refractivity contribution in [3.8, 4) is 0 Å². The van der Waals surface area contributed by atoms with Crippen molar-refractivity contribution in [2.24, 2.45) is 5.92 Å². The molecule has 1 fully saturated rings. The maximum atomic E-state index is 10.9. The summed E-state index contributed by atoms with van der Waals surface area (Å²) in [7, 11) is 1.36. The van der Waals surface area contributed by atoms with Crippen molar-refractivity contribution in [1.29, 1.82) is 0 Å². The molecule has 0 unspecified atom stereocenters. The Morgan fingerprint density at radius 2 is 2.09 bits per heavy atom. The first kappa shape index (κ1) is 8.60. The number of hydrogen-bond acceptors (Lipinski definition) is 2. The molecule has 11 heavy (non-hydrogen) atoms. The van der Waals surface area contributed by atoms with Crippen LogP contribution in [0, 0.1) is 5.92 Å². The van der Waals surface area contributed by atoms with E-state index in [0.29, 0.717) is 16.5 Å². The van der Waals surface area contributed by atoms with Gasteiger partial charge in [0.15, 0.2) is 0 Å². The highest BCUT2D eigenvalue weighted by Crippen LogP contribution is 2.40. The van der Waals surface area contributed by atoms with Crippen molar-refractivity contribution in [2.75, 3.05) is 7.11 Å². The van der Waals surface area contributed by atoms with Crippen molar-refractivity contribution < 1.29 is 9.53 Å². The van der Waals surface area contributed by atoms with Gasteiger partial charge in [0.25, 0.3) is 0 Å². The van der Waals surface area contributed by atoms with Gasteiger partial charge in [0.2, 0.25) is 0 Å². The summed E-state index contributed by atoms with van der Waals surface area (Å²) in [6.45, 7) is 1.70. The molecule has 0 saturated heterocycles. The molecule has 0 bridgehead atoms. The van der Waals surface area contributed by atoms with Gasteiger partial charge in [0, 0.05) is 10.6 Å². The van der Waals surface area contributed by atoms with Crippen LogP contribution in [-0.2, 0) is 9.53 Å². The molecule has 1 saturated carbocycles. The molecule has 1 aliphatic rings. The summed E-state index contributed by atoms with van der Waals surface area (Å²) >= 11 is 5.88. The number of methoxy groups -OCH3 is 1. The number of allylic oxidation sites excluding steroid dienone is 1. The second-order valence-corrected chi connectivity index (χ2v) is 3.15. The van der Waals surface area contributed by atoms with Crippen molar-refractivity contribution in [3.63, 3.8) is 0 Å². The summed E-state index contributed by atoms with van der Waals surface area (Å²) in [5, 5.41) is 0.678. The number of esters is 1. The maximum absolute atomic E-state index is 10.9. The summed E-state index contributed by atoms with van der Waals surface area (Å²) in [6, 6.07) is 0. The van der Waals surface area contributed by atoms with Gasteiger partial charge in [0.1, 0.15) is 0 Å². The van der Waals surface area contributed by atoms with E-state index < -0.39 is 0 Å². The van der Waals surface area contributed by atoms with Gasteiger partial charge in [-0.3, -0.25) is 0 Å². The zero-order valence-corrected chi connectivity index (χ0v) is 7.44. The Morgan fingerprint density at radius 1 is 1.55 bits per heavy atom. The van der Waals surface area contributed by atoms with E-state index in [2.05, 4.69) is 4.74 Å². The third-order valence-electron chi connectivity index (χ3n) is 1.79. The predicted molar refractivity (Wildman–Crippen MR) is 43.3 cm³/mol. The highest BCUT2D eigenvalue weighted by molar-refractivity contribution is 6.32. The van der Waals surface area contributed by atoms with Crippen molar-refractivity contribution >= 4 is 17.6 Å². The Hall–Kier alpha value is -0.500. The van der Waals surface area contributed by atoms with Crippen molar-refractivity contribution in [3.05, 3.63) is 10.6 Å². The van der Waals surface area contributed by atoms with Gasteiger partial charge in [-0.05, 0) is 25.7 Å². The molecule has 0 amide bonds. The SMILES string of the molecule is COC(=O)/C(C)=C(/Cl)C1CC1. The molecule has 0 aliphatic heterocycles. The Labute approximate surface area is 71.2 Å². The molecule has 0 spiro atoms. The van der Waals surface area contributed by atoms with E-state index >= 15 is 0 Å². The molecule has 2 nitrogen and oxygen atoms in total. The Kier molecular flexibility index (Phi) is 2.55. The van der Waals surface area contributed by atoms with Crippen molar-refractivity contribution in [1.82, 2.24) is 0 Å². The minimum Gasteiger partial charge on any atom is -0.466 e. The number of halogens is 1. The summed E-state index contributed by atoms with van der Waals surface area (Å²) in [5.41, 5.74) is 0.552. The fourth-order valence-corrected chi connectivity index (χ4v) is 1.19. The monoisotopic (exact) mass is 174 g/mol. The number of ether oxygens (including phenoxy) is 1. The molecule has 1 rings (SSSR count). The van der Waals surface area contributed by atoms with Gasteiger partial charge in [0.05, 0.1) is 7.11 Å². The number of carbonyl (C=O) groups is 1. The molecule has 0 N–H and O–H groups in total. The lowest BCUT2D eigenvalue weighted by Crippen LogP contribution is -2.03. The molecule has 0 aromatic carbocycles. The van der Waals surface area contributed by atoms with Crippen LogP contribution in [0.1, 0.15) is 19.8 Å². The quantitative estimate of drug-likeness (QED) is 0.473. The van der Waals surface area contributed by atoms with E-state index in [0.717, 1.165) is 12.8 Å². The predicted octanol–water partition coefficient (Wildman–Crippen LogP) is 2.08. The molecule has 3 heteroatoms. The fraction of sp³-hybridized carbons (Fsp3) is 0.625. The summed E-state index contributed by atoms with van der Waals surface area (Å²) < 4.78 is 4.53. The smallest absolute Gasteiger partial charge is 0.334 e. The van der Waals surface area contributed by atoms with Gasteiger partial charge in [-0.2, -0.15) is 0 Å². The molecular weight excluding hydrogens is 164 g/mol. The highest BCUT2D eigenvalue weighted by Gasteiger charge is 2.28. The minimum absolute atomic E-state index is 0.318. The normalized spacial score (nSPS) is 19.2. The standard InChI is InChI=1S/C8H11ClO2/c1-5(8(10)11-2)7(9)6-3-4-6/h6H,3-4H2,1-2H3/b7-5+. The topological polar surface area (TPSA) is 26.3 Å². The third-order valence-corrected chi connectivity index (χ3v) is 2.38. The molecule has 0 radical (unpaired) electrons. The van der Waals surface area contributed by atoms with Crippen LogP contribution in [0.25, 0.3) is 0 Å². The average Bonchev–Trinajstić information content (AvgIpc) is 2.82. The second kappa shape index (κ2) is 3.26. The van der Waals surface area contributed by atoms with Crippen LogP contribution < -0.4 is 0 Å². The van der Waals surface area contributed by atoms with E-state index in [1.54, 1.807) is 6.92 Å². The molecule has 0 aromatic heterocycles. The highest BCUT2D eigenvalue weighted by atomic mass is 35.5. The first-order chi connectivity index (χ1) is 5.16. The number of hydrogen-bond donors (Lipinski definition) is 0. The zero-order chi connectivity index (χ0) is 8.43. The van der Waals surface area contributed by atoms with Crippen LogP contribution in [0.2, 0.25) is 0 Å². The van der Waals surface area contributed by atoms with Gasteiger partial charge < -0.3 is 4.74 Å². The van der Waals surface area contributed by atoms with Crippen LogP contribution in [0.4, 0.5) is 0 Å². The Morgan fingerprint density at radius 3 is 2.45 bits per heavy atom. The van der Waals surface area contributed by atoms with Crippen LogP contribution in [-0.4, -0.2) is 13.1 Å². The van der Waals surface area contributed by atoms with Gasteiger partial charge >= 0.3 is 5.97 Å². The van der Waals surface area contributed by atoms with Gasteiger partial charge in [-0.1, -0.05) is 11.6 Å². The van der Waals surface area contributed by atoms with Crippen LogP contribution in [0.3, 0.4) is 0 Å². The van der Waals surface area contributed by atoms with E-state index in [1.165, 1.54) is 7.11 Å². The lowest BCUT2D eigenvalue weighted by Gasteiger charge is -2.01. The first-order valence-electron chi connectivity index (χ1n) is 3.61. The molecule has 62 valence electrons. The fourth-order valence-electron chi connectivity index (χ4n) is 0.894. The molecular formula is C8H11ClO2. The summed E-state index contributed by atoms with van der Waals surface area (Å²) in [4.78, 5) is 10.9. The maximum Gasteiger partial charge on any atom is 0.334 e. The van der Waals surface area contributed by atoms with E-state index in [1.807, 2.05) is 0 Å². The van der Waals surface area contributed by atoms with Gasteiger partial charge in [-0.25, -0.2) is 4.79 Å². The Bertz CT molecular complexity index is 204. The lowest BCUT2D eigenvalue weighted by molar-refractivity contribution is -0.136. The van der Waals surface area contributed by atoms with Crippen molar-refractivity contribution in [2.45, 2.75) is 19.8 Å². The molecule has 0 heterocycles.